The van der Waals surface area contributed by atoms with Gasteiger partial charge in [0.1, 0.15) is 5.82 Å². The van der Waals surface area contributed by atoms with Crippen molar-refractivity contribution in [2.45, 2.75) is 24.8 Å². The summed E-state index contributed by atoms with van der Waals surface area (Å²) in [7, 11) is 5.51. The van der Waals surface area contributed by atoms with Crippen molar-refractivity contribution in [2.75, 3.05) is 38.8 Å². The molecule has 6 heteroatoms. The fourth-order valence-electron chi connectivity index (χ4n) is 2.45. The number of carbonyl (C=O) groups excluding carboxylic acids is 1. The van der Waals surface area contributed by atoms with Gasteiger partial charge in [0.15, 0.2) is 5.69 Å². The van der Waals surface area contributed by atoms with Crippen LogP contribution in [-0.2, 0) is 4.74 Å². The molecule has 1 fully saturated rings. The first-order chi connectivity index (χ1) is 9.48. The second kappa shape index (κ2) is 5.66. The second-order valence-corrected chi connectivity index (χ2v) is 5.45. The standard InChI is InChI=1S/C14H22N4O2/c1-18(2)14(7-4-8-14)9-16-12-10(15)5-6-11(17-12)13(19)20-3/h5-6H,4,7-9,15H2,1-3H3,(H,16,17). The Balaban J connectivity index is 2.11. The predicted molar refractivity (Wildman–Crippen MR) is 78.7 cm³/mol. The van der Waals surface area contributed by atoms with Crippen LogP contribution in [0.2, 0.25) is 0 Å². The summed E-state index contributed by atoms with van der Waals surface area (Å²) in [5.41, 5.74) is 6.86. The summed E-state index contributed by atoms with van der Waals surface area (Å²) >= 11 is 0. The van der Waals surface area contributed by atoms with Crippen molar-refractivity contribution >= 4 is 17.5 Å². The molecule has 0 spiro atoms. The van der Waals surface area contributed by atoms with Crippen LogP contribution in [0.15, 0.2) is 12.1 Å². The third-order valence-electron chi connectivity index (χ3n) is 4.14. The molecule has 0 aliphatic heterocycles. The van der Waals surface area contributed by atoms with Crippen LogP contribution in [0.1, 0.15) is 29.8 Å². The van der Waals surface area contributed by atoms with E-state index in [-0.39, 0.29) is 11.2 Å². The summed E-state index contributed by atoms with van der Waals surface area (Å²) in [5, 5.41) is 3.27. The normalized spacial score (nSPS) is 16.6. The molecule has 0 bridgehead atoms. The molecule has 3 N–H and O–H groups in total. The van der Waals surface area contributed by atoms with Crippen molar-refractivity contribution in [3.05, 3.63) is 17.8 Å². The van der Waals surface area contributed by atoms with Gasteiger partial charge < -0.3 is 20.7 Å². The lowest BCUT2D eigenvalue weighted by molar-refractivity contribution is 0.0594. The number of nitrogens with two attached hydrogens (primary N) is 1. The van der Waals surface area contributed by atoms with Crippen molar-refractivity contribution in [1.82, 2.24) is 9.88 Å². The number of hydrogen-bond donors (Lipinski definition) is 2. The average Bonchev–Trinajstić information content (AvgIpc) is 2.38. The average molecular weight is 278 g/mol. The van der Waals surface area contributed by atoms with E-state index in [2.05, 4.69) is 34.0 Å². The molecule has 1 aliphatic rings. The van der Waals surface area contributed by atoms with E-state index in [1.807, 2.05) is 0 Å². The zero-order chi connectivity index (χ0) is 14.8. The van der Waals surface area contributed by atoms with E-state index in [4.69, 9.17) is 5.73 Å². The fraction of sp³-hybridized carbons (Fsp3) is 0.571. The molecule has 20 heavy (non-hydrogen) atoms. The molecule has 110 valence electrons. The molecule has 1 heterocycles. The van der Waals surface area contributed by atoms with Gasteiger partial charge in [-0.1, -0.05) is 0 Å². The summed E-state index contributed by atoms with van der Waals surface area (Å²) in [4.78, 5) is 18.0. The lowest BCUT2D eigenvalue weighted by Gasteiger charge is -2.47. The first-order valence-corrected chi connectivity index (χ1v) is 6.75. The third kappa shape index (κ3) is 2.70. The highest BCUT2D eigenvalue weighted by Crippen LogP contribution is 2.36. The number of methoxy groups -OCH3 is 1. The van der Waals surface area contributed by atoms with Gasteiger partial charge in [0.05, 0.1) is 12.8 Å². The SMILES string of the molecule is COC(=O)c1ccc(N)c(NCC2(N(C)C)CCC2)n1. The van der Waals surface area contributed by atoms with Crippen molar-refractivity contribution in [3.63, 3.8) is 0 Å². The maximum Gasteiger partial charge on any atom is 0.356 e. The minimum atomic E-state index is -0.459. The topological polar surface area (TPSA) is 80.5 Å². The molecule has 1 saturated carbocycles. The number of aromatic nitrogens is 1. The van der Waals surface area contributed by atoms with Crippen LogP contribution in [0.5, 0.6) is 0 Å². The van der Waals surface area contributed by atoms with Crippen molar-refractivity contribution in [3.8, 4) is 0 Å². The van der Waals surface area contributed by atoms with Gasteiger partial charge in [-0.25, -0.2) is 9.78 Å². The number of nitrogen functional groups attached to an aromatic ring is 1. The molecule has 1 aromatic heterocycles. The van der Waals surface area contributed by atoms with Crippen LogP contribution in [0.25, 0.3) is 0 Å². The highest BCUT2D eigenvalue weighted by atomic mass is 16.5. The molecule has 0 saturated heterocycles. The van der Waals surface area contributed by atoms with Crippen molar-refractivity contribution < 1.29 is 9.53 Å². The minimum absolute atomic E-state index is 0.162. The van der Waals surface area contributed by atoms with Gasteiger partial charge in [-0.3, -0.25) is 0 Å². The van der Waals surface area contributed by atoms with Crippen LogP contribution in [0.4, 0.5) is 11.5 Å². The van der Waals surface area contributed by atoms with Crippen LogP contribution in [0, 0.1) is 0 Å². The summed E-state index contributed by atoms with van der Waals surface area (Å²) < 4.78 is 4.67. The molecular weight excluding hydrogens is 256 g/mol. The smallest absolute Gasteiger partial charge is 0.356 e. The zero-order valence-corrected chi connectivity index (χ0v) is 12.3. The molecule has 6 nitrogen and oxygen atoms in total. The largest absolute Gasteiger partial charge is 0.464 e. The van der Waals surface area contributed by atoms with Gasteiger partial charge in [0, 0.05) is 12.1 Å². The first kappa shape index (κ1) is 14.6. The Kier molecular flexibility index (Phi) is 4.13. The van der Waals surface area contributed by atoms with Crippen molar-refractivity contribution in [1.29, 1.82) is 0 Å². The number of nitrogens with zero attached hydrogens (tertiary/aromatic N) is 2. The molecule has 0 atom stereocenters. The molecule has 0 amide bonds. The molecule has 0 radical (unpaired) electrons. The molecule has 0 unspecified atom stereocenters. The number of esters is 1. The number of carbonyl (C=O) groups is 1. The van der Waals surface area contributed by atoms with Gasteiger partial charge in [0.2, 0.25) is 0 Å². The zero-order valence-electron chi connectivity index (χ0n) is 12.3. The van der Waals surface area contributed by atoms with E-state index in [0.29, 0.717) is 11.5 Å². The minimum Gasteiger partial charge on any atom is -0.464 e. The van der Waals surface area contributed by atoms with Gasteiger partial charge in [-0.2, -0.15) is 0 Å². The van der Waals surface area contributed by atoms with E-state index in [1.54, 1.807) is 12.1 Å². The number of nitrogens with one attached hydrogen (secondary N) is 1. The number of rotatable bonds is 5. The molecule has 0 aromatic carbocycles. The number of ether oxygens (including phenoxy) is 1. The molecular formula is C14H22N4O2. The maximum atomic E-state index is 11.5. The quantitative estimate of drug-likeness (QED) is 0.791. The van der Waals surface area contributed by atoms with Crippen LogP contribution in [0.3, 0.4) is 0 Å². The van der Waals surface area contributed by atoms with Gasteiger partial charge in [0.25, 0.3) is 0 Å². The summed E-state index contributed by atoms with van der Waals surface area (Å²) in [6, 6.07) is 3.24. The van der Waals surface area contributed by atoms with E-state index in [1.165, 1.54) is 13.5 Å². The van der Waals surface area contributed by atoms with E-state index in [9.17, 15) is 4.79 Å². The number of pyridine rings is 1. The molecule has 2 rings (SSSR count). The number of anilines is 2. The van der Waals surface area contributed by atoms with Crippen LogP contribution < -0.4 is 11.1 Å². The van der Waals surface area contributed by atoms with E-state index >= 15 is 0 Å². The molecule has 1 aliphatic carbocycles. The van der Waals surface area contributed by atoms with Crippen LogP contribution >= 0.6 is 0 Å². The highest BCUT2D eigenvalue weighted by Gasteiger charge is 2.38. The number of likely N-dealkylation sites (N-methyl/N-ethyl adjacent to an activating group) is 1. The maximum absolute atomic E-state index is 11.5. The Morgan fingerprint density at radius 3 is 2.70 bits per heavy atom. The third-order valence-corrected chi connectivity index (χ3v) is 4.14. The van der Waals surface area contributed by atoms with Crippen LogP contribution in [-0.4, -0.2) is 49.1 Å². The van der Waals surface area contributed by atoms with Gasteiger partial charge >= 0.3 is 5.97 Å². The summed E-state index contributed by atoms with van der Waals surface area (Å²) in [6.07, 6.45) is 3.55. The first-order valence-electron chi connectivity index (χ1n) is 6.75. The Hall–Kier alpha value is -1.82. The second-order valence-electron chi connectivity index (χ2n) is 5.45. The summed E-state index contributed by atoms with van der Waals surface area (Å²) in [6.45, 7) is 0.766. The van der Waals surface area contributed by atoms with E-state index < -0.39 is 5.97 Å². The lowest BCUT2D eigenvalue weighted by atomic mass is 9.75. The molecule has 1 aromatic rings. The Bertz CT molecular complexity index is 498. The van der Waals surface area contributed by atoms with Gasteiger partial charge in [-0.15, -0.1) is 0 Å². The Morgan fingerprint density at radius 2 is 2.20 bits per heavy atom. The van der Waals surface area contributed by atoms with E-state index in [0.717, 1.165) is 19.4 Å². The van der Waals surface area contributed by atoms with Gasteiger partial charge in [-0.05, 0) is 45.5 Å². The summed E-state index contributed by atoms with van der Waals surface area (Å²) in [5.74, 6) is 0.0834. The van der Waals surface area contributed by atoms with Crippen molar-refractivity contribution in [2.24, 2.45) is 0 Å². The number of hydrogen-bond acceptors (Lipinski definition) is 6. The Morgan fingerprint density at radius 1 is 1.50 bits per heavy atom. The predicted octanol–water partition coefficient (Wildman–Crippen LogP) is 1.35. The Labute approximate surface area is 119 Å². The fourth-order valence-corrected chi connectivity index (χ4v) is 2.45. The lowest BCUT2D eigenvalue weighted by Crippen LogP contribution is -2.54. The highest BCUT2D eigenvalue weighted by molar-refractivity contribution is 5.88. The monoisotopic (exact) mass is 278 g/mol.